The summed E-state index contributed by atoms with van der Waals surface area (Å²) in [5.74, 6) is 0.994. The predicted octanol–water partition coefficient (Wildman–Crippen LogP) is 1.95. The molecule has 0 spiro atoms. The number of aromatic amines is 1. The molecule has 0 saturated heterocycles. The van der Waals surface area contributed by atoms with Crippen molar-refractivity contribution in [3.05, 3.63) is 48.0 Å². The maximum atomic E-state index is 4.21. The van der Waals surface area contributed by atoms with Crippen molar-refractivity contribution >= 4 is 5.69 Å². The SMILES string of the molecule is CC(CNCc1ncc[nH]1)N1CCc2ccccc21. The molecule has 1 aromatic carbocycles. The van der Waals surface area contributed by atoms with Gasteiger partial charge in [0.05, 0.1) is 6.54 Å². The largest absolute Gasteiger partial charge is 0.367 e. The molecule has 0 radical (unpaired) electrons. The maximum Gasteiger partial charge on any atom is 0.120 e. The van der Waals surface area contributed by atoms with E-state index in [0.717, 1.165) is 25.5 Å². The number of anilines is 1. The molecule has 1 aliphatic heterocycles. The number of para-hydroxylation sites is 1. The molecule has 0 fully saturated rings. The van der Waals surface area contributed by atoms with Crippen LogP contribution in [0.25, 0.3) is 0 Å². The second-order valence-corrected chi connectivity index (χ2v) is 5.09. The monoisotopic (exact) mass is 256 g/mol. The van der Waals surface area contributed by atoms with Crippen LogP contribution in [0.1, 0.15) is 18.3 Å². The van der Waals surface area contributed by atoms with E-state index in [-0.39, 0.29) is 0 Å². The Morgan fingerprint density at radius 3 is 3.16 bits per heavy atom. The lowest BCUT2D eigenvalue weighted by atomic mass is 10.2. The molecule has 4 nitrogen and oxygen atoms in total. The van der Waals surface area contributed by atoms with Gasteiger partial charge in [-0.25, -0.2) is 4.98 Å². The summed E-state index contributed by atoms with van der Waals surface area (Å²) in [5.41, 5.74) is 2.87. The molecule has 1 unspecified atom stereocenters. The molecule has 0 bridgehead atoms. The quantitative estimate of drug-likeness (QED) is 0.859. The first-order valence-corrected chi connectivity index (χ1v) is 6.88. The Labute approximate surface area is 113 Å². The van der Waals surface area contributed by atoms with Gasteiger partial charge in [-0.3, -0.25) is 0 Å². The Balaban J connectivity index is 1.55. The summed E-state index contributed by atoms with van der Waals surface area (Å²) in [6.45, 7) is 5.17. The molecule has 0 aliphatic carbocycles. The fourth-order valence-electron chi connectivity index (χ4n) is 2.73. The highest BCUT2D eigenvalue weighted by Crippen LogP contribution is 2.28. The van der Waals surface area contributed by atoms with Crippen molar-refractivity contribution in [2.24, 2.45) is 0 Å². The molecule has 3 rings (SSSR count). The minimum absolute atomic E-state index is 0.499. The van der Waals surface area contributed by atoms with Crippen LogP contribution in [0, 0.1) is 0 Å². The van der Waals surface area contributed by atoms with E-state index >= 15 is 0 Å². The minimum Gasteiger partial charge on any atom is -0.367 e. The topological polar surface area (TPSA) is 44.0 Å². The third kappa shape index (κ3) is 2.63. The summed E-state index contributed by atoms with van der Waals surface area (Å²) in [6.07, 6.45) is 4.81. The van der Waals surface area contributed by atoms with Gasteiger partial charge in [-0.1, -0.05) is 18.2 Å². The van der Waals surface area contributed by atoms with E-state index < -0.39 is 0 Å². The van der Waals surface area contributed by atoms with E-state index in [2.05, 4.69) is 51.4 Å². The number of fused-ring (bicyclic) bond motifs is 1. The van der Waals surface area contributed by atoms with Crippen LogP contribution in [0.5, 0.6) is 0 Å². The molecule has 4 heteroatoms. The lowest BCUT2D eigenvalue weighted by Gasteiger charge is -2.27. The van der Waals surface area contributed by atoms with Gasteiger partial charge in [0.1, 0.15) is 5.82 Å². The van der Waals surface area contributed by atoms with E-state index in [1.165, 1.54) is 17.7 Å². The van der Waals surface area contributed by atoms with E-state index in [0.29, 0.717) is 6.04 Å². The Kier molecular flexibility index (Phi) is 3.51. The van der Waals surface area contributed by atoms with E-state index in [1.54, 1.807) is 6.20 Å². The molecule has 2 N–H and O–H groups in total. The van der Waals surface area contributed by atoms with E-state index in [4.69, 9.17) is 0 Å². The highest BCUT2D eigenvalue weighted by Gasteiger charge is 2.22. The Morgan fingerprint density at radius 2 is 2.32 bits per heavy atom. The normalized spacial score (nSPS) is 15.5. The van der Waals surface area contributed by atoms with Gasteiger partial charge in [0.2, 0.25) is 0 Å². The highest BCUT2D eigenvalue weighted by molar-refractivity contribution is 5.58. The lowest BCUT2D eigenvalue weighted by molar-refractivity contribution is 0.563. The van der Waals surface area contributed by atoms with Crippen molar-refractivity contribution in [1.82, 2.24) is 15.3 Å². The van der Waals surface area contributed by atoms with Crippen LogP contribution in [-0.2, 0) is 13.0 Å². The average Bonchev–Trinajstić information content (AvgIpc) is 3.07. The summed E-state index contributed by atoms with van der Waals surface area (Å²) in [7, 11) is 0. The molecular weight excluding hydrogens is 236 g/mol. The van der Waals surface area contributed by atoms with Gasteiger partial charge in [0, 0.05) is 37.2 Å². The maximum absolute atomic E-state index is 4.21. The number of H-pyrrole nitrogens is 1. The van der Waals surface area contributed by atoms with Crippen LogP contribution in [0.4, 0.5) is 5.69 Å². The number of nitrogens with one attached hydrogen (secondary N) is 2. The molecule has 1 aromatic heterocycles. The van der Waals surface area contributed by atoms with Gasteiger partial charge in [-0.05, 0) is 25.0 Å². The van der Waals surface area contributed by atoms with Gasteiger partial charge in [-0.15, -0.1) is 0 Å². The van der Waals surface area contributed by atoms with Crippen molar-refractivity contribution < 1.29 is 0 Å². The summed E-state index contributed by atoms with van der Waals surface area (Å²) in [6, 6.07) is 9.21. The summed E-state index contributed by atoms with van der Waals surface area (Å²) >= 11 is 0. The van der Waals surface area contributed by atoms with Gasteiger partial charge >= 0.3 is 0 Å². The smallest absolute Gasteiger partial charge is 0.120 e. The van der Waals surface area contributed by atoms with E-state index in [9.17, 15) is 0 Å². The third-order valence-electron chi connectivity index (χ3n) is 3.74. The van der Waals surface area contributed by atoms with Crippen molar-refractivity contribution in [3.63, 3.8) is 0 Å². The number of imidazole rings is 1. The van der Waals surface area contributed by atoms with Crippen molar-refractivity contribution in [2.45, 2.75) is 25.9 Å². The van der Waals surface area contributed by atoms with E-state index in [1.807, 2.05) is 6.20 Å². The van der Waals surface area contributed by atoms with Gasteiger partial charge < -0.3 is 15.2 Å². The van der Waals surface area contributed by atoms with Gasteiger partial charge in [0.15, 0.2) is 0 Å². The number of nitrogens with zero attached hydrogens (tertiary/aromatic N) is 2. The zero-order valence-corrected chi connectivity index (χ0v) is 11.3. The third-order valence-corrected chi connectivity index (χ3v) is 3.74. The minimum atomic E-state index is 0.499. The van der Waals surface area contributed by atoms with Crippen LogP contribution in [0.2, 0.25) is 0 Å². The van der Waals surface area contributed by atoms with Gasteiger partial charge in [-0.2, -0.15) is 0 Å². The summed E-state index contributed by atoms with van der Waals surface area (Å²) in [4.78, 5) is 9.81. The second-order valence-electron chi connectivity index (χ2n) is 5.09. The molecule has 2 aromatic rings. The van der Waals surface area contributed by atoms with Crippen LogP contribution < -0.4 is 10.2 Å². The Morgan fingerprint density at radius 1 is 1.42 bits per heavy atom. The Bertz CT molecular complexity index is 521. The van der Waals surface area contributed by atoms with Crippen molar-refractivity contribution in [1.29, 1.82) is 0 Å². The Hall–Kier alpha value is -1.81. The number of hydrogen-bond donors (Lipinski definition) is 2. The molecule has 1 aliphatic rings. The summed E-state index contributed by atoms with van der Waals surface area (Å²) < 4.78 is 0. The second kappa shape index (κ2) is 5.45. The fourth-order valence-corrected chi connectivity index (χ4v) is 2.73. The molecule has 2 heterocycles. The molecule has 100 valence electrons. The molecule has 0 amide bonds. The standard InChI is InChI=1S/C15H20N4/c1-12(10-16-11-15-17-7-8-18-15)19-9-6-13-4-2-3-5-14(13)19/h2-5,7-8,12,16H,6,9-11H2,1H3,(H,17,18). The predicted molar refractivity (Wildman–Crippen MR) is 77.2 cm³/mol. The van der Waals surface area contributed by atoms with Crippen LogP contribution >= 0.6 is 0 Å². The first-order valence-electron chi connectivity index (χ1n) is 6.88. The van der Waals surface area contributed by atoms with Gasteiger partial charge in [0.25, 0.3) is 0 Å². The first kappa shape index (κ1) is 12.2. The van der Waals surface area contributed by atoms with Crippen molar-refractivity contribution in [2.75, 3.05) is 18.0 Å². The van der Waals surface area contributed by atoms with Crippen LogP contribution in [0.3, 0.4) is 0 Å². The number of benzene rings is 1. The first-order chi connectivity index (χ1) is 9.34. The number of aromatic nitrogens is 2. The van der Waals surface area contributed by atoms with Crippen LogP contribution in [-0.4, -0.2) is 29.1 Å². The van der Waals surface area contributed by atoms with Crippen molar-refractivity contribution in [3.8, 4) is 0 Å². The fraction of sp³-hybridized carbons (Fsp3) is 0.400. The highest BCUT2D eigenvalue weighted by atomic mass is 15.2. The zero-order valence-electron chi connectivity index (χ0n) is 11.3. The number of rotatable bonds is 5. The van der Waals surface area contributed by atoms with Crippen LogP contribution in [0.15, 0.2) is 36.7 Å². The lowest BCUT2D eigenvalue weighted by Crippen LogP contribution is -2.39. The number of hydrogen-bond acceptors (Lipinski definition) is 3. The molecule has 1 atom stereocenters. The zero-order chi connectivity index (χ0) is 13.1. The molecule has 0 saturated carbocycles. The molecule has 19 heavy (non-hydrogen) atoms. The molecular formula is C15H20N4. The average molecular weight is 256 g/mol. The summed E-state index contributed by atoms with van der Waals surface area (Å²) in [5, 5.41) is 3.46.